The van der Waals surface area contributed by atoms with Gasteiger partial charge in [-0.25, -0.2) is 8.42 Å². The van der Waals surface area contributed by atoms with Gasteiger partial charge in [0.15, 0.2) is 0 Å². The molecule has 0 bridgehead atoms. The minimum absolute atomic E-state index is 0.375. The van der Waals surface area contributed by atoms with E-state index in [4.69, 9.17) is 0 Å². The van der Waals surface area contributed by atoms with Gasteiger partial charge in [0, 0.05) is 24.1 Å². The fourth-order valence-electron chi connectivity index (χ4n) is 2.25. The Labute approximate surface area is 136 Å². The molecule has 118 valence electrons. The van der Waals surface area contributed by atoms with Crippen molar-refractivity contribution in [3.05, 3.63) is 28.2 Å². The fraction of sp³-hybridized carbons (Fsp3) is 0.600. The van der Waals surface area contributed by atoms with Crippen molar-refractivity contribution >= 4 is 26.0 Å². The molecule has 4 nitrogen and oxygen atoms in total. The lowest BCUT2D eigenvalue weighted by atomic mass is 10.2. The van der Waals surface area contributed by atoms with Crippen LogP contribution in [0.4, 0.5) is 0 Å². The molecule has 0 atom stereocenters. The van der Waals surface area contributed by atoms with E-state index in [-0.39, 0.29) is 0 Å². The summed E-state index contributed by atoms with van der Waals surface area (Å²) in [5.41, 5.74) is 0.987. The van der Waals surface area contributed by atoms with Gasteiger partial charge >= 0.3 is 0 Å². The number of nitrogens with zero attached hydrogens (tertiary/aromatic N) is 1. The van der Waals surface area contributed by atoms with Crippen LogP contribution in [0.1, 0.15) is 32.3 Å². The monoisotopic (exact) mass is 374 g/mol. The van der Waals surface area contributed by atoms with E-state index in [1.165, 1.54) is 0 Å². The summed E-state index contributed by atoms with van der Waals surface area (Å²) in [6.45, 7) is 6.63. The largest absolute Gasteiger partial charge is 0.313 e. The van der Waals surface area contributed by atoms with Gasteiger partial charge in [0.1, 0.15) is 0 Å². The van der Waals surface area contributed by atoms with Crippen molar-refractivity contribution in [2.75, 3.05) is 19.6 Å². The number of hydrogen-bond donors (Lipinski definition) is 1. The van der Waals surface area contributed by atoms with Crippen molar-refractivity contribution in [2.24, 2.45) is 5.92 Å². The zero-order chi connectivity index (χ0) is 15.5. The highest BCUT2D eigenvalue weighted by Crippen LogP contribution is 2.33. The number of sulfonamides is 1. The maximum Gasteiger partial charge on any atom is 0.244 e. The molecule has 0 amide bonds. The Morgan fingerprint density at radius 1 is 1.33 bits per heavy atom. The molecule has 1 fully saturated rings. The molecule has 0 unspecified atom stereocenters. The van der Waals surface area contributed by atoms with Gasteiger partial charge in [-0.2, -0.15) is 4.31 Å². The lowest BCUT2D eigenvalue weighted by Crippen LogP contribution is -2.33. The number of benzene rings is 1. The predicted molar refractivity (Wildman–Crippen MR) is 88.7 cm³/mol. The SMILES string of the molecule is CCNCc1ccc(Br)c(S(=O)(=O)N(CC)CC2CC2)c1. The Morgan fingerprint density at radius 2 is 2.05 bits per heavy atom. The van der Waals surface area contributed by atoms with Crippen molar-refractivity contribution in [3.8, 4) is 0 Å². The summed E-state index contributed by atoms with van der Waals surface area (Å²) >= 11 is 3.39. The van der Waals surface area contributed by atoms with Crippen LogP contribution in [0.25, 0.3) is 0 Å². The van der Waals surface area contributed by atoms with E-state index in [0.29, 0.717) is 34.9 Å². The second kappa shape index (κ2) is 7.22. The summed E-state index contributed by atoms with van der Waals surface area (Å²) in [5.74, 6) is 0.545. The minimum Gasteiger partial charge on any atom is -0.313 e. The number of rotatable bonds is 8. The van der Waals surface area contributed by atoms with Gasteiger partial charge in [0.25, 0.3) is 0 Å². The molecule has 1 aromatic carbocycles. The summed E-state index contributed by atoms with van der Waals surface area (Å²) < 4.78 is 27.9. The Hall–Kier alpha value is -0.430. The summed E-state index contributed by atoms with van der Waals surface area (Å²) in [6.07, 6.45) is 2.29. The lowest BCUT2D eigenvalue weighted by molar-refractivity contribution is 0.411. The minimum atomic E-state index is -3.43. The zero-order valence-corrected chi connectivity index (χ0v) is 15.0. The third kappa shape index (κ3) is 4.28. The van der Waals surface area contributed by atoms with Crippen molar-refractivity contribution in [3.63, 3.8) is 0 Å². The second-order valence-corrected chi connectivity index (χ2v) is 8.20. The molecule has 2 rings (SSSR count). The molecule has 1 aliphatic carbocycles. The fourth-order valence-corrected chi connectivity index (χ4v) is 4.75. The van der Waals surface area contributed by atoms with Crippen LogP contribution in [0.3, 0.4) is 0 Å². The predicted octanol–water partition coefficient (Wildman–Crippen LogP) is 2.98. The molecule has 1 aromatic rings. The highest BCUT2D eigenvalue weighted by molar-refractivity contribution is 9.10. The van der Waals surface area contributed by atoms with Crippen molar-refractivity contribution < 1.29 is 8.42 Å². The summed E-state index contributed by atoms with van der Waals surface area (Å²) in [6, 6.07) is 5.55. The molecule has 0 aliphatic heterocycles. The van der Waals surface area contributed by atoms with Gasteiger partial charge in [0.05, 0.1) is 4.90 Å². The highest BCUT2D eigenvalue weighted by Gasteiger charge is 2.31. The first-order valence-electron chi connectivity index (χ1n) is 7.48. The summed E-state index contributed by atoms with van der Waals surface area (Å²) in [7, 11) is -3.43. The summed E-state index contributed by atoms with van der Waals surface area (Å²) in [5, 5.41) is 3.22. The second-order valence-electron chi connectivity index (χ2n) is 5.44. The van der Waals surface area contributed by atoms with E-state index in [1.54, 1.807) is 10.4 Å². The molecule has 0 saturated heterocycles. The van der Waals surface area contributed by atoms with Crippen molar-refractivity contribution in [1.82, 2.24) is 9.62 Å². The number of hydrogen-bond acceptors (Lipinski definition) is 3. The normalized spacial score (nSPS) is 15.6. The van der Waals surface area contributed by atoms with Crippen LogP contribution in [0.2, 0.25) is 0 Å². The number of halogens is 1. The number of nitrogens with one attached hydrogen (secondary N) is 1. The van der Waals surface area contributed by atoms with Gasteiger partial charge in [-0.05, 0) is 58.9 Å². The Morgan fingerprint density at radius 3 is 2.62 bits per heavy atom. The van der Waals surface area contributed by atoms with Crippen LogP contribution < -0.4 is 5.32 Å². The third-order valence-corrected chi connectivity index (χ3v) is 6.64. The van der Waals surface area contributed by atoms with E-state index in [9.17, 15) is 8.42 Å². The molecule has 1 N–H and O–H groups in total. The Kier molecular flexibility index (Phi) is 5.82. The van der Waals surface area contributed by atoms with Crippen molar-refractivity contribution in [2.45, 2.75) is 38.1 Å². The molecule has 21 heavy (non-hydrogen) atoms. The molecule has 1 saturated carbocycles. The van der Waals surface area contributed by atoms with Gasteiger partial charge in [-0.1, -0.05) is 19.9 Å². The maximum absolute atomic E-state index is 12.8. The third-order valence-electron chi connectivity index (χ3n) is 3.70. The maximum atomic E-state index is 12.8. The van der Waals surface area contributed by atoms with E-state index in [0.717, 1.165) is 24.9 Å². The smallest absolute Gasteiger partial charge is 0.244 e. The van der Waals surface area contributed by atoms with E-state index in [2.05, 4.69) is 21.2 Å². The zero-order valence-electron chi connectivity index (χ0n) is 12.6. The first-order valence-corrected chi connectivity index (χ1v) is 9.71. The molecule has 0 radical (unpaired) electrons. The van der Waals surface area contributed by atoms with Crippen LogP contribution in [0, 0.1) is 5.92 Å². The average molecular weight is 375 g/mol. The molecular formula is C15H23BrN2O2S. The van der Waals surface area contributed by atoms with Gasteiger partial charge in [-0.3, -0.25) is 0 Å². The Bertz CT molecular complexity index is 585. The van der Waals surface area contributed by atoms with Crippen LogP contribution in [0.15, 0.2) is 27.6 Å². The standard InChI is InChI=1S/C15H23BrN2O2S/c1-3-17-10-13-7-8-14(16)15(9-13)21(19,20)18(4-2)11-12-5-6-12/h7-9,12,17H,3-6,10-11H2,1-2H3. The van der Waals surface area contributed by atoms with Crippen LogP contribution in [-0.2, 0) is 16.6 Å². The van der Waals surface area contributed by atoms with E-state index in [1.807, 2.05) is 26.0 Å². The average Bonchev–Trinajstić information content (AvgIpc) is 3.27. The summed E-state index contributed by atoms with van der Waals surface area (Å²) in [4.78, 5) is 0.375. The molecule has 0 spiro atoms. The first-order chi connectivity index (χ1) is 9.98. The van der Waals surface area contributed by atoms with Crippen LogP contribution in [-0.4, -0.2) is 32.4 Å². The topological polar surface area (TPSA) is 49.4 Å². The lowest BCUT2D eigenvalue weighted by Gasteiger charge is -2.21. The highest BCUT2D eigenvalue weighted by atomic mass is 79.9. The quantitative estimate of drug-likeness (QED) is 0.760. The molecule has 0 aromatic heterocycles. The van der Waals surface area contributed by atoms with E-state index < -0.39 is 10.0 Å². The van der Waals surface area contributed by atoms with Gasteiger partial charge < -0.3 is 5.32 Å². The van der Waals surface area contributed by atoms with Crippen LogP contribution in [0.5, 0.6) is 0 Å². The van der Waals surface area contributed by atoms with Gasteiger partial charge in [0.2, 0.25) is 10.0 Å². The van der Waals surface area contributed by atoms with Gasteiger partial charge in [-0.15, -0.1) is 0 Å². The first kappa shape index (κ1) is 16.9. The molecular weight excluding hydrogens is 352 g/mol. The van der Waals surface area contributed by atoms with E-state index >= 15 is 0 Å². The molecule has 1 aliphatic rings. The molecule has 0 heterocycles. The molecule has 6 heteroatoms. The van der Waals surface area contributed by atoms with Crippen molar-refractivity contribution in [1.29, 1.82) is 0 Å². The van der Waals surface area contributed by atoms with Crippen LogP contribution >= 0.6 is 15.9 Å². The Balaban J connectivity index is 2.28.